The first-order valence-electron chi connectivity index (χ1n) is 7.45. The molecule has 4 nitrogen and oxygen atoms in total. The topological polar surface area (TPSA) is 68.2 Å². The Hall–Kier alpha value is -1.81. The van der Waals surface area contributed by atoms with Crippen molar-refractivity contribution in [2.75, 3.05) is 6.54 Å². The van der Waals surface area contributed by atoms with E-state index in [-0.39, 0.29) is 0 Å². The smallest absolute Gasteiger partial charge is 0.337 e. The highest BCUT2D eigenvalue weighted by atomic mass is 16.4. The summed E-state index contributed by atoms with van der Waals surface area (Å²) in [6, 6.07) is 3.95. The maximum absolute atomic E-state index is 11.7. The molecule has 0 aliphatic rings. The number of hydrogen-bond acceptors (Lipinski definition) is 2. The molecule has 0 spiro atoms. The minimum Gasteiger partial charge on any atom is -0.478 e. The maximum atomic E-state index is 11.7. The van der Waals surface area contributed by atoms with Crippen LogP contribution in [0.1, 0.15) is 53.4 Å². The summed E-state index contributed by atoms with van der Waals surface area (Å²) in [5, 5.41) is 10.7. The van der Waals surface area contributed by atoms with E-state index >= 15 is 0 Å². The van der Waals surface area contributed by atoms with Crippen molar-refractivity contribution in [1.29, 1.82) is 0 Å². The molecule has 0 radical (unpaired) electrons. The molecule has 0 fully saturated rings. The highest BCUT2D eigenvalue weighted by Crippen LogP contribution is 2.32. The fourth-order valence-corrected chi connectivity index (χ4v) is 2.82. The first kappa shape index (κ1) is 15.6. The number of carboxylic acid groups (broad SMARTS) is 1. The van der Waals surface area contributed by atoms with Crippen molar-refractivity contribution in [2.45, 2.75) is 46.6 Å². The molecular formula is C17H24N2O2. The molecule has 0 aliphatic heterocycles. The average molecular weight is 288 g/mol. The second-order valence-corrected chi connectivity index (χ2v) is 5.93. The summed E-state index contributed by atoms with van der Waals surface area (Å²) in [7, 11) is 0. The van der Waals surface area contributed by atoms with Gasteiger partial charge in [0.2, 0.25) is 0 Å². The largest absolute Gasteiger partial charge is 0.478 e. The van der Waals surface area contributed by atoms with Crippen molar-refractivity contribution in [2.24, 2.45) is 5.73 Å². The van der Waals surface area contributed by atoms with Crippen LogP contribution < -0.4 is 5.73 Å². The van der Waals surface area contributed by atoms with Crippen molar-refractivity contribution in [3.05, 3.63) is 34.5 Å². The predicted molar refractivity (Wildman–Crippen MR) is 86.1 cm³/mol. The van der Waals surface area contributed by atoms with Crippen LogP contribution in [0.15, 0.2) is 12.1 Å². The summed E-state index contributed by atoms with van der Waals surface area (Å²) in [5.74, 6) is -0.561. The van der Waals surface area contributed by atoms with Crippen LogP contribution in [0.4, 0.5) is 0 Å². The van der Waals surface area contributed by atoms with E-state index in [0.717, 1.165) is 40.7 Å². The minimum atomic E-state index is -0.867. The molecule has 3 N–H and O–H groups in total. The summed E-state index contributed by atoms with van der Waals surface area (Å²) < 4.78 is 2.10. The monoisotopic (exact) mass is 288 g/mol. The Bertz CT molecular complexity index is 684. The van der Waals surface area contributed by atoms with Crippen LogP contribution in [-0.2, 0) is 6.54 Å². The van der Waals surface area contributed by atoms with Gasteiger partial charge in [0.1, 0.15) is 0 Å². The van der Waals surface area contributed by atoms with Crippen LogP contribution in [0.5, 0.6) is 0 Å². The Morgan fingerprint density at radius 1 is 1.33 bits per heavy atom. The summed E-state index contributed by atoms with van der Waals surface area (Å²) in [6.07, 6.45) is 0.842. The number of aromatic nitrogens is 1. The lowest BCUT2D eigenvalue weighted by molar-refractivity contribution is 0.0698. The lowest BCUT2D eigenvalue weighted by Gasteiger charge is -2.12. The molecule has 0 unspecified atom stereocenters. The van der Waals surface area contributed by atoms with Gasteiger partial charge < -0.3 is 15.4 Å². The zero-order valence-electron chi connectivity index (χ0n) is 13.2. The number of fused-ring (bicyclic) bond motifs is 1. The summed E-state index contributed by atoms with van der Waals surface area (Å²) in [4.78, 5) is 11.7. The number of nitrogens with zero attached hydrogens (tertiary/aromatic N) is 1. The van der Waals surface area contributed by atoms with Crippen molar-refractivity contribution in [3.8, 4) is 0 Å². The lowest BCUT2D eigenvalue weighted by Crippen LogP contribution is -2.09. The summed E-state index contributed by atoms with van der Waals surface area (Å²) >= 11 is 0. The standard InChI is InChI=1S/C17H24N2O2/c1-10(2)13-8-14-11(3)12(4)19(7-5-6-18)16(14)15(9-13)17(20)21/h8-10H,5-7,18H2,1-4H3,(H,20,21). The van der Waals surface area contributed by atoms with Gasteiger partial charge in [0.25, 0.3) is 0 Å². The van der Waals surface area contributed by atoms with Crippen molar-refractivity contribution in [3.63, 3.8) is 0 Å². The summed E-state index contributed by atoms with van der Waals surface area (Å²) in [6.45, 7) is 9.64. The Kier molecular flexibility index (Phi) is 4.37. The fraction of sp³-hybridized carbons (Fsp3) is 0.471. The Balaban J connectivity index is 2.81. The van der Waals surface area contributed by atoms with Gasteiger partial charge in [0.05, 0.1) is 11.1 Å². The SMILES string of the molecule is Cc1c(C)n(CCCN)c2c(C(=O)O)cc(C(C)C)cc12. The van der Waals surface area contributed by atoms with Crippen LogP contribution in [0.2, 0.25) is 0 Å². The molecule has 4 heteroatoms. The van der Waals surface area contributed by atoms with Gasteiger partial charge in [-0.1, -0.05) is 13.8 Å². The normalized spacial score (nSPS) is 11.5. The number of carbonyl (C=O) groups is 1. The van der Waals surface area contributed by atoms with E-state index in [1.165, 1.54) is 0 Å². The molecule has 21 heavy (non-hydrogen) atoms. The number of aromatic carboxylic acids is 1. The first-order valence-corrected chi connectivity index (χ1v) is 7.45. The predicted octanol–water partition coefficient (Wildman–Crippen LogP) is 3.43. The molecule has 1 heterocycles. The number of benzene rings is 1. The molecule has 2 aromatic rings. The molecule has 0 atom stereocenters. The number of nitrogens with two attached hydrogens (primary N) is 1. The Morgan fingerprint density at radius 2 is 2.00 bits per heavy atom. The quantitative estimate of drug-likeness (QED) is 0.885. The molecule has 1 aromatic heterocycles. The zero-order chi connectivity index (χ0) is 15.7. The van der Waals surface area contributed by atoms with E-state index in [9.17, 15) is 9.90 Å². The van der Waals surface area contributed by atoms with Gasteiger partial charge in [-0.25, -0.2) is 4.79 Å². The highest BCUT2D eigenvalue weighted by molar-refractivity contribution is 6.04. The Labute approximate surface area is 125 Å². The molecule has 0 saturated heterocycles. The molecule has 0 saturated carbocycles. The van der Waals surface area contributed by atoms with Gasteiger partial charge in [-0.15, -0.1) is 0 Å². The van der Waals surface area contributed by atoms with E-state index in [4.69, 9.17) is 5.73 Å². The van der Waals surface area contributed by atoms with Crippen LogP contribution >= 0.6 is 0 Å². The van der Waals surface area contributed by atoms with E-state index in [0.29, 0.717) is 18.0 Å². The molecule has 2 rings (SSSR count). The number of rotatable bonds is 5. The third-order valence-corrected chi connectivity index (χ3v) is 4.24. The van der Waals surface area contributed by atoms with Crippen molar-refractivity contribution < 1.29 is 9.90 Å². The van der Waals surface area contributed by atoms with Crippen LogP contribution in [0.3, 0.4) is 0 Å². The van der Waals surface area contributed by atoms with Gasteiger partial charge in [-0.3, -0.25) is 0 Å². The molecule has 0 aliphatic carbocycles. The maximum Gasteiger partial charge on any atom is 0.337 e. The van der Waals surface area contributed by atoms with Crippen LogP contribution in [-0.4, -0.2) is 22.2 Å². The van der Waals surface area contributed by atoms with Gasteiger partial charge in [0.15, 0.2) is 0 Å². The van der Waals surface area contributed by atoms with Crippen molar-refractivity contribution in [1.82, 2.24) is 4.57 Å². The van der Waals surface area contributed by atoms with Crippen LogP contribution in [0, 0.1) is 13.8 Å². The third-order valence-electron chi connectivity index (χ3n) is 4.24. The van der Waals surface area contributed by atoms with Crippen LogP contribution in [0.25, 0.3) is 10.9 Å². The fourth-order valence-electron chi connectivity index (χ4n) is 2.82. The van der Waals surface area contributed by atoms with Gasteiger partial charge in [0, 0.05) is 17.6 Å². The molecule has 0 amide bonds. The molecule has 1 aromatic carbocycles. The number of aryl methyl sites for hydroxylation is 2. The average Bonchev–Trinajstić information content (AvgIpc) is 2.68. The molecule has 114 valence electrons. The molecular weight excluding hydrogens is 264 g/mol. The first-order chi connectivity index (χ1) is 9.88. The van der Waals surface area contributed by atoms with E-state index in [2.05, 4.69) is 31.4 Å². The van der Waals surface area contributed by atoms with Gasteiger partial charge in [-0.05, 0) is 56.0 Å². The number of hydrogen-bond donors (Lipinski definition) is 2. The zero-order valence-corrected chi connectivity index (χ0v) is 13.2. The second kappa shape index (κ2) is 5.90. The lowest BCUT2D eigenvalue weighted by atomic mass is 9.97. The third kappa shape index (κ3) is 2.68. The van der Waals surface area contributed by atoms with Crippen molar-refractivity contribution >= 4 is 16.9 Å². The molecule has 0 bridgehead atoms. The summed E-state index contributed by atoms with van der Waals surface area (Å²) in [5.41, 5.74) is 10.2. The Morgan fingerprint density at radius 3 is 2.52 bits per heavy atom. The van der Waals surface area contributed by atoms with E-state index in [1.807, 2.05) is 13.0 Å². The minimum absolute atomic E-state index is 0.305. The van der Waals surface area contributed by atoms with Gasteiger partial charge in [-0.2, -0.15) is 0 Å². The second-order valence-electron chi connectivity index (χ2n) is 5.93. The number of carboxylic acids is 1. The van der Waals surface area contributed by atoms with E-state index in [1.54, 1.807) is 0 Å². The van der Waals surface area contributed by atoms with Gasteiger partial charge >= 0.3 is 5.97 Å². The van der Waals surface area contributed by atoms with E-state index < -0.39 is 5.97 Å². The highest BCUT2D eigenvalue weighted by Gasteiger charge is 2.19.